The highest BCUT2D eigenvalue weighted by Crippen LogP contribution is 2.53. The molecule has 8 N–H and O–H groups in total. The van der Waals surface area contributed by atoms with Crippen molar-refractivity contribution in [3.8, 4) is 0 Å². The number of guanidine groups is 1. The summed E-state index contributed by atoms with van der Waals surface area (Å²) in [5.74, 6) is -4.59. The van der Waals surface area contributed by atoms with Crippen LogP contribution in [0.2, 0.25) is 0 Å². The van der Waals surface area contributed by atoms with E-state index < -0.39 is 49.4 Å². The monoisotopic (exact) mass is 563 g/mol. The van der Waals surface area contributed by atoms with E-state index in [2.05, 4.69) is 15.6 Å². The van der Waals surface area contributed by atoms with Gasteiger partial charge < -0.3 is 36.8 Å². The number of ether oxygens (including phenoxy) is 1. The fraction of sp³-hybridized carbons (Fsp3) is 0.360. The van der Waals surface area contributed by atoms with Crippen LogP contribution >= 0.6 is 7.60 Å². The summed E-state index contributed by atoms with van der Waals surface area (Å²) in [6.45, 7) is 4.90. The number of rotatable bonds is 13. The summed E-state index contributed by atoms with van der Waals surface area (Å²) in [5, 5.41) is 14.8. The summed E-state index contributed by atoms with van der Waals surface area (Å²) in [7, 11) is -4.79. The van der Waals surface area contributed by atoms with Gasteiger partial charge in [0.2, 0.25) is 5.91 Å². The van der Waals surface area contributed by atoms with Crippen molar-refractivity contribution in [1.82, 2.24) is 10.6 Å². The van der Waals surface area contributed by atoms with Crippen LogP contribution in [0.25, 0.3) is 0 Å². The highest BCUT2D eigenvalue weighted by atomic mass is 31.2. The number of aliphatic imine (C=N–C) groups is 1. The average Bonchev–Trinajstić information content (AvgIpc) is 2.85. The van der Waals surface area contributed by atoms with Gasteiger partial charge in [0.25, 0.3) is 0 Å². The minimum Gasteiger partial charge on any atom is -0.479 e. The lowest BCUT2D eigenvalue weighted by Gasteiger charge is -2.29. The number of hydrogen-bond donors (Lipinski definition) is 6. The zero-order valence-corrected chi connectivity index (χ0v) is 22.7. The largest absolute Gasteiger partial charge is 0.479 e. The molecule has 0 aliphatic heterocycles. The van der Waals surface area contributed by atoms with Crippen molar-refractivity contribution in [3.05, 3.63) is 65.7 Å². The second-order valence-corrected chi connectivity index (χ2v) is 10.7. The van der Waals surface area contributed by atoms with Crippen molar-refractivity contribution < 1.29 is 38.2 Å². The van der Waals surface area contributed by atoms with Crippen LogP contribution in [0.4, 0.5) is 10.5 Å². The van der Waals surface area contributed by atoms with Crippen molar-refractivity contribution in [3.63, 3.8) is 0 Å². The molecule has 0 saturated carbocycles. The number of carbonyl (C=O) groups excluding carboxylic acids is 2. The summed E-state index contributed by atoms with van der Waals surface area (Å²) in [4.78, 5) is 51.8. The summed E-state index contributed by atoms with van der Waals surface area (Å²) < 4.78 is 23.5. The van der Waals surface area contributed by atoms with Crippen LogP contribution in [0.1, 0.15) is 50.5 Å². The number of benzene rings is 2. The molecule has 2 aromatic carbocycles. The molecule has 13 nitrogen and oxygen atoms in total. The van der Waals surface area contributed by atoms with Crippen LogP contribution in [0.15, 0.2) is 59.6 Å². The molecule has 0 bridgehead atoms. The lowest BCUT2D eigenvalue weighted by molar-refractivity contribution is -0.145. The van der Waals surface area contributed by atoms with Crippen molar-refractivity contribution in [1.29, 1.82) is 0 Å². The predicted molar refractivity (Wildman–Crippen MR) is 144 cm³/mol. The second kappa shape index (κ2) is 14.3. The SMILES string of the molecule is CCOC(=O)NC(CC(=O)NC(C(C)C)P(=O)(O)OC(C(=O)O)c1cccc(N=C(N)N)c1)c1ccccc1. The van der Waals surface area contributed by atoms with Crippen molar-refractivity contribution in [2.24, 2.45) is 22.4 Å². The summed E-state index contributed by atoms with van der Waals surface area (Å²) in [6, 6.07) is 13.5. The number of amides is 2. The molecule has 39 heavy (non-hydrogen) atoms. The number of nitrogens with one attached hydrogen (secondary N) is 2. The fourth-order valence-corrected chi connectivity index (χ4v) is 5.36. The molecule has 2 rings (SSSR count). The molecule has 0 heterocycles. The van der Waals surface area contributed by atoms with Crippen LogP contribution in [0, 0.1) is 5.92 Å². The zero-order valence-electron chi connectivity index (χ0n) is 21.8. The Hall–Kier alpha value is -3.93. The van der Waals surface area contributed by atoms with Gasteiger partial charge in [0, 0.05) is 0 Å². The Kier molecular flexibility index (Phi) is 11.5. The Morgan fingerprint density at radius 3 is 2.23 bits per heavy atom. The van der Waals surface area contributed by atoms with E-state index in [0.29, 0.717) is 5.56 Å². The lowest BCUT2D eigenvalue weighted by atomic mass is 10.0. The van der Waals surface area contributed by atoms with Crippen molar-refractivity contribution in [2.75, 3.05) is 6.61 Å². The third-order valence-electron chi connectivity index (χ3n) is 5.36. The van der Waals surface area contributed by atoms with Crippen LogP contribution in [-0.4, -0.2) is 46.3 Å². The van der Waals surface area contributed by atoms with Crippen molar-refractivity contribution in [2.45, 2.75) is 45.1 Å². The predicted octanol–water partition coefficient (Wildman–Crippen LogP) is 2.90. The van der Waals surface area contributed by atoms with Gasteiger partial charge in [-0.05, 0) is 36.1 Å². The number of nitrogens with two attached hydrogens (primary N) is 2. The molecular formula is C25H34N5O8P. The number of hydrogen-bond acceptors (Lipinski definition) is 7. The first-order chi connectivity index (χ1) is 18.3. The van der Waals surface area contributed by atoms with Gasteiger partial charge in [0.15, 0.2) is 12.1 Å². The smallest absolute Gasteiger partial charge is 0.407 e. The van der Waals surface area contributed by atoms with E-state index in [9.17, 15) is 28.9 Å². The standard InChI is InChI=1S/C25H34N5O8P/c1-4-37-25(34)29-19(16-9-6-5-7-10-16)14-20(31)30-22(15(2)3)39(35,36)38-21(23(32)33)17-11-8-12-18(13-17)28-24(26)27/h5-13,15,19,21-22H,4,14H2,1-3H3,(H,29,34)(H,30,31)(H,32,33)(H,35,36)(H4,26,27,28). The molecule has 0 spiro atoms. The molecule has 2 amide bonds. The first-order valence-electron chi connectivity index (χ1n) is 12.0. The molecule has 0 aliphatic rings. The highest BCUT2D eigenvalue weighted by molar-refractivity contribution is 7.53. The van der Waals surface area contributed by atoms with E-state index in [1.807, 2.05) is 0 Å². The van der Waals surface area contributed by atoms with E-state index in [4.69, 9.17) is 20.7 Å². The van der Waals surface area contributed by atoms with Crippen LogP contribution in [0.5, 0.6) is 0 Å². The average molecular weight is 564 g/mol. The number of nitrogens with zero attached hydrogens (tertiary/aromatic N) is 1. The minimum absolute atomic E-state index is 0.0101. The summed E-state index contributed by atoms with van der Waals surface area (Å²) >= 11 is 0. The van der Waals surface area contributed by atoms with E-state index in [1.54, 1.807) is 51.1 Å². The van der Waals surface area contributed by atoms with E-state index in [0.717, 1.165) is 0 Å². The molecule has 2 aromatic rings. The Labute approximate surface area is 226 Å². The topological polar surface area (TPSA) is 216 Å². The zero-order chi connectivity index (χ0) is 29.2. The van der Waals surface area contributed by atoms with Gasteiger partial charge in [-0.2, -0.15) is 0 Å². The van der Waals surface area contributed by atoms with Gasteiger partial charge in [0.1, 0.15) is 5.78 Å². The van der Waals surface area contributed by atoms with Gasteiger partial charge >= 0.3 is 19.7 Å². The first-order valence-corrected chi connectivity index (χ1v) is 13.7. The van der Waals surface area contributed by atoms with E-state index in [1.165, 1.54) is 24.3 Å². The number of carboxylic acid groups (broad SMARTS) is 1. The molecule has 212 valence electrons. The van der Waals surface area contributed by atoms with E-state index in [-0.39, 0.29) is 30.2 Å². The maximum absolute atomic E-state index is 13.4. The molecule has 4 unspecified atom stereocenters. The molecule has 0 fully saturated rings. The lowest BCUT2D eigenvalue weighted by Crippen LogP contribution is -2.41. The third-order valence-corrected chi connectivity index (χ3v) is 7.30. The second-order valence-electron chi connectivity index (χ2n) is 8.81. The number of carboxylic acids is 1. The third kappa shape index (κ3) is 9.71. The van der Waals surface area contributed by atoms with Gasteiger partial charge in [-0.3, -0.25) is 13.9 Å². The van der Waals surface area contributed by atoms with Crippen LogP contribution < -0.4 is 22.1 Å². The first kappa shape index (κ1) is 31.3. The fourth-order valence-electron chi connectivity index (χ4n) is 3.66. The Morgan fingerprint density at radius 1 is 1.03 bits per heavy atom. The Morgan fingerprint density at radius 2 is 1.67 bits per heavy atom. The number of carbonyl (C=O) groups is 3. The van der Waals surface area contributed by atoms with Crippen LogP contribution in [-0.2, 0) is 23.4 Å². The van der Waals surface area contributed by atoms with E-state index >= 15 is 0 Å². The van der Waals surface area contributed by atoms with Crippen molar-refractivity contribution >= 4 is 37.2 Å². The normalized spacial score (nSPS) is 14.8. The summed E-state index contributed by atoms with van der Waals surface area (Å²) in [5.41, 5.74) is 11.6. The van der Waals surface area contributed by atoms with Crippen LogP contribution in [0.3, 0.4) is 0 Å². The molecule has 14 heteroatoms. The molecule has 0 saturated heterocycles. The molecule has 0 aliphatic carbocycles. The molecule has 4 atom stereocenters. The highest BCUT2D eigenvalue weighted by Gasteiger charge is 2.41. The molecular weight excluding hydrogens is 529 g/mol. The maximum atomic E-state index is 13.4. The molecule has 0 aromatic heterocycles. The van der Waals surface area contributed by atoms with Gasteiger partial charge in [-0.1, -0.05) is 56.3 Å². The number of aliphatic carboxylic acids is 1. The van der Waals surface area contributed by atoms with Gasteiger partial charge in [-0.25, -0.2) is 14.6 Å². The number of alkyl carbamates (subject to hydrolysis) is 1. The Bertz CT molecular complexity index is 1220. The maximum Gasteiger partial charge on any atom is 0.407 e. The quantitative estimate of drug-likeness (QED) is 0.119. The minimum atomic E-state index is -4.79. The Balaban J connectivity index is 2.27. The summed E-state index contributed by atoms with van der Waals surface area (Å²) in [6.07, 6.45) is -2.90. The van der Waals surface area contributed by atoms with Gasteiger partial charge in [-0.15, -0.1) is 0 Å². The molecule has 0 radical (unpaired) electrons. The van der Waals surface area contributed by atoms with Gasteiger partial charge in [0.05, 0.1) is 24.8 Å².